The molecule has 4 unspecified atom stereocenters. The average molecular weight is 209 g/mol. The third kappa shape index (κ3) is 1.45. The van der Waals surface area contributed by atoms with Gasteiger partial charge in [0, 0.05) is 0 Å². The number of aliphatic hydroxyl groups excluding tert-OH is 1. The first kappa shape index (κ1) is 10.1. The molecule has 1 radical (unpaired) electrons. The zero-order valence-corrected chi connectivity index (χ0v) is 9.28. The van der Waals surface area contributed by atoms with E-state index in [0.717, 1.165) is 38.0 Å². The van der Waals surface area contributed by atoms with Crippen molar-refractivity contribution in [1.82, 2.24) is 0 Å². The fourth-order valence-corrected chi connectivity index (χ4v) is 4.28. The van der Waals surface area contributed by atoms with Gasteiger partial charge in [-0.15, -0.1) is 0 Å². The highest BCUT2D eigenvalue weighted by molar-refractivity contribution is 5.11. The van der Waals surface area contributed by atoms with Gasteiger partial charge in [0.2, 0.25) is 0 Å². The van der Waals surface area contributed by atoms with Gasteiger partial charge in [0.15, 0.2) is 0 Å². The Bertz CT molecular complexity index is 253. The first-order valence-corrected chi connectivity index (χ1v) is 6.48. The van der Waals surface area contributed by atoms with Gasteiger partial charge in [-0.3, -0.25) is 0 Å². The molecule has 15 heavy (non-hydrogen) atoms. The maximum absolute atomic E-state index is 10.7. The van der Waals surface area contributed by atoms with Crippen LogP contribution in [0.4, 0.5) is 0 Å². The van der Waals surface area contributed by atoms with E-state index in [1.54, 1.807) is 0 Å². The number of hydrogen-bond donors (Lipinski definition) is 2. The van der Waals surface area contributed by atoms with E-state index < -0.39 is 5.60 Å². The molecule has 2 N–H and O–H groups in total. The Balaban J connectivity index is 1.79. The molecule has 0 aromatic carbocycles. The molecule has 0 amide bonds. The van der Waals surface area contributed by atoms with Crippen LogP contribution in [0.3, 0.4) is 0 Å². The number of hydrogen-bond acceptors (Lipinski definition) is 2. The Morgan fingerprint density at radius 2 is 2.00 bits per heavy atom. The third-order valence-corrected chi connectivity index (χ3v) is 5.07. The van der Waals surface area contributed by atoms with Crippen molar-refractivity contribution in [2.45, 2.75) is 57.0 Å². The average Bonchev–Trinajstić information content (AvgIpc) is 2.84. The monoisotopic (exact) mass is 209 g/mol. The van der Waals surface area contributed by atoms with E-state index in [1.165, 1.54) is 19.3 Å². The standard InChI is InChI=1S/C13H21O2/c14-12-3-1-2-6-13(12,15)11-8-9-4-5-10(11)7-9/h9-11,14-15H,1-8H2. The van der Waals surface area contributed by atoms with Gasteiger partial charge in [-0.25, -0.2) is 0 Å². The van der Waals surface area contributed by atoms with Crippen molar-refractivity contribution in [2.75, 3.05) is 0 Å². The first-order chi connectivity index (χ1) is 7.20. The molecule has 3 rings (SSSR count). The van der Waals surface area contributed by atoms with Crippen molar-refractivity contribution in [1.29, 1.82) is 0 Å². The predicted octanol–water partition coefficient (Wildman–Crippen LogP) is 2.63. The van der Waals surface area contributed by atoms with Gasteiger partial charge in [0.25, 0.3) is 0 Å². The van der Waals surface area contributed by atoms with Gasteiger partial charge < -0.3 is 10.2 Å². The summed E-state index contributed by atoms with van der Waals surface area (Å²) in [7, 11) is 0. The molecule has 0 saturated heterocycles. The Kier molecular flexibility index (Phi) is 2.33. The lowest BCUT2D eigenvalue weighted by molar-refractivity contribution is -0.0948. The van der Waals surface area contributed by atoms with E-state index in [4.69, 9.17) is 0 Å². The van der Waals surface area contributed by atoms with Crippen LogP contribution in [0.25, 0.3) is 0 Å². The van der Waals surface area contributed by atoms with Crippen LogP contribution in [0, 0.1) is 23.9 Å². The van der Waals surface area contributed by atoms with Crippen molar-refractivity contribution in [3.05, 3.63) is 6.10 Å². The SMILES string of the molecule is O[C]1CCCCC1(O)C1CC2CCC1C2. The summed E-state index contributed by atoms with van der Waals surface area (Å²) in [5.74, 6) is 1.91. The Hall–Kier alpha value is -0.0800. The Labute approximate surface area is 91.7 Å². The van der Waals surface area contributed by atoms with Gasteiger partial charge in [0.05, 0.1) is 5.60 Å². The van der Waals surface area contributed by atoms with Gasteiger partial charge in [0.1, 0.15) is 6.10 Å². The lowest BCUT2D eigenvalue weighted by Crippen LogP contribution is -2.48. The zero-order valence-electron chi connectivity index (χ0n) is 9.28. The minimum Gasteiger partial charge on any atom is -0.386 e. The molecule has 3 fully saturated rings. The van der Waals surface area contributed by atoms with Crippen molar-refractivity contribution in [2.24, 2.45) is 17.8 Å². The molecule has 4 atom stereocenters. The minimum absolute atomic E-state index is 0.372. The van der Waals surface area contributed by atoms with E-state index in [1.807, 2.05) is 0 Å². The van der Waals surface area contributed by atoms with Crippen LogP contribution >= 0.6 is 0 Å². The molecule has 3 saturated carbocycles. The lowest BCUT2D eigenvalue weighted by atomic mass is 9.68. The van der Waals surface area contributed by atoms with E-state index >= 15 is 0 Å². The number of aliphatic hydroxyl groups is 2. The maximum atomic E-state index is 10.7. The van der Waals surface area contributed by atoms with Crippen LogP contribution in [-0.4, -0.2) is 15.8 Å². The van der Waals surface area contributed by atoms with Crippen molar-refractivity contribution >= 4 is 0 Å². The second-order valence-electron chi connectivity index (χ2n) is 5.86. The summed E-state index contributed by atoms with van der Waals surface area (Å²) in [6.45, 7) is 0. The summed E-state index contributed by atoms with van der Waals surface area (Å²) in [6.07, 6.45) is 9.15. The van der Waals surface area contributed by atoms with Gasteiger partial charge in [-0.05, 0) is 49.9 Å². The molecular weight excluding hydrogens is 188 g/mol. The summed E-state index contributed by atoms with van der Waals surface area (Å²) >= 11 is 0. The third-order valence-electron chi connectivity index (χ3n) is 5.07. The molecule has 3 aliphatic carbocycles. The normalized spacial score (nSPS) is 51.2. The van der Waals surface area contributed by atoms with Crippen LogP contribution < -0.4 is 0 Å². The predicted molar refractivity (Wildman–Crippen MR) is 57.5 cm³/mol. The van der Waals surface area contributed by atoms with Crippen molar-refractivity contribution in [3.8, 4) is 0 Å². The molecule has 3 aliphatic rings. The largest absolute Gasteiger partial charge is 0.386 e. The van der Waals surface area contributed by atoms with Gasteiger partial charge in [-0.2, -0.15) is 0 Å². The summed E-state index contributed by atoms with van der Waals surface area (Å²) < 4.78 is 0. The molecule has 0 aromatic rings. The summed E-state index contributed by atoms with van der Waals surface area (Å²) in [5, 5.41) is 20.7. The highest BCUT2D eigenvalue weighted by Gasteiger charge is 2.53. The smallest absolute Gasteiger partial charge is 0.125 e. The molecule has 0 aliphatic heterocycles. The summed E-state index contributed by atoms with van der Waals surface area (Å²) in [6, 6.07) is 0. The number of fused-ring (bicyclic) bond motifs is 2. The topological polar surface area (TPSA) is 40.5 Å². The second kappa shape index (κ2) is 3.46. The molecule has 0 aromatic heterocycles. The van der Waals surface area contributed by atoms with E-state index in [2.05, 4.69) is 0 Å². The van der Waals surface area contributed by atoms with E-state index in [-0.39, 0.29) is 0 Å². The van der Waals surface area contributed by atoms with Crippen LogP contribution in [-0.2, 0) is 0 Å². The highest BCUT2D eigenvalue weighted by atomic mass is 16.3. The van der Waals surface area contributed by atoms with Gasteiger partial charge >= 0.3 is 0 Å². The molecule has 2 bridgehead atoms. The second-order valence-corrected chi connectivity index (χ2v) is 5.86. The fourth-order valence-electron chi connectivity index (χ4n) is 4.28. The van der Waals surface area contributed by atoms with Crippen LogP contribution in [0.5, 0.6) is 0 Å². The minimum atomic E-state index is -0.807. The quantitative estimate of drug-likeness (QED) is 0.697. The highest BCUT2D eigenvalue weighted by Crippen LogP contribution is 2.56. The molecule has 2 nitrogen and oxygen atoms in total. The zero-order chi connectivity index (χ0) is 10.5. The van der Waals surface area contributed by atoms with Crippen LogP contribution in [0.2, 0.25) is 0 Å². The molecular formula is C13H21O2. The summed E-state index contributed by atoms with van der Waals surface area (Å²) in [4.78, 5) is 0. The fraction of sp³-hybridized carbons (Fsp3) is 0.923. The molecule has 85 valence electrons. The van der Waals surface area contributed by atoms with Crippen LogP contribution in [0.15, 0.2) is 0 Å². The van der Waals surface area contributed by atoms with Crippen molar-refractivity contribution < 1.29 is 10.2 Å². The lowest BCUT2D eigenvalue weighted by Gasteiger charge is -2.44. The maximum Gasteiger partial charge on any atom is 0.125 e. The summed E-state index contributed by atoms with van der Waals surface area (Å²) in [5.41, 5.74) is -0.807. The molecule has 0 spiro atoms. The van der Waals surface area contributed by atoms with E-state index in [0.29, 0.717) is 17.9 Å². The van der Waals surface area contributed by atoms with E-state index in [9.17, 15) is 10.2 Å². The molecule has 2 heteroatoms. The first-order valence-electron chi connectivity index (χ1n) is 6.48. The Morgan fingerprint density at radius 3 is 2.60 bits per heavy atom. The van der Waals surface area contributed by atoms with Gasteiger partial charge in [-0.1, -0.05) is 19.3 Å². The van der Waals surface area contributed by atoms with Crippen molar-refractivity contribution in [3.63, 3.8) is 0 Å². The molecule has 0 heterocycles. The van der Waals surface area contributed by atoms with Crippen LogP contribution in [0.1, 0.15) is 51.4 Å². The number of rotatable bonds is 1. The Morgan fingerprint density at radius 1 is 1.13 bits per heavy atom.